The van der Waals surface area contributed by atoms with Crippen molar-refractivity contribution in [3.05, 3.63) is 64.4 Å². The maximum absolute atomic E-state index is 13.7. The smallest absolute Gasteiger partial charge is 0.254 e. The summed E-state index contributed by atoms with van der Waals surface area (Å²) in [4.78, 5) is 23.5. The molecule has 2 amide bonds. The SMILES string of the molecule is CCC(=O)Nc1ccc(C(C)NC(=O)c2cc(Cl)ccc2F)cc1. The Bertz CT molecular complexity index is 747. The van der Waals surface area contributed by atoms with Gasteiger partial charge in [-0.05, 0) is 42.8 Å². The molecule has 0 aliphatic carbocycles. The summed E-state index contributed by atoms with van der Waals surface area (Å²) in [6, 6.07) is 10.6. The van der Waals surface area contributed by atoms with Crippen LogP contribution in [0.25, 0.3) is 0 Å². The molecule has 0 spiro atoms. The van der Waals surface area contributed by atoms with Gasteiger partial charge in [-0.3, -0.25) is 9.59 Å². The highest BCUT2D eigenvalue weighted by molar-refractivity contribution is 6.31. The fourth-order valence-electron chi connectivity index (χ4n) is 2.13. The first-order valence-corrected chi connectivity index (χ1v) is 7.94. The molecule has 6 heteroatoms. The lowest BCUT2D eigenvalue weighted by Gasteiger charge is -2.15. The molecule has 2 rings (SSSR count). The zero-order valence-corrected chi connectivity index (χ0v) is 14.2. The van der Waals surface area contributed by atoms with E-state index in [-0.39, 0.29) is 17.5 Å². The Morgan fingerprint density at radius 2 is 1.83 bits per heavy atom. The highest BCUT2D eigenvalue weighted by Crippen LogP contribution is 2.19. The zero-order chi connectivity index (χ0) is 17.7. The standard InChI is InChI=1S/C18H18ClFN2O2/c1-3-17(23)22-14-7-4-12(5-8-14)11(2)21-18(24)15-10-13(19)6-9-16(15)20/h4-11H,3H2,1-2H3,(H,21,24)(H,22,23). The fraction of sp³-hybridized carbons (Fsp3) is 0.222. The normalized spacial score (nSPS) is 11.7. The van der Waals surface area contributed by atoms with Gasteiger partial charge in [-0.1, -0.05) is 30.7 Å². The van der Waals surface area contributed by atoms with Crippen molar-refractivity contribution >= 4 is 29.1 Å². The Labute approximate surface area is 145 Å². The number of amides is 2. The first-order valence-electron chi connectivity index (χ1n) is 7.56. The van der Waals surface area contributed by atoms with E-state index in [9.17, 15) is 14.0 Å². The second kappa shape index (κ2) is 7.93. The van der Waals surface area contributed by atoms with E-state index in [2.05, 4.69) is 10.6 Å². The topological polar surface area (TPSA) is 58.2 Å². The molecule has 24 heavy (non-hydrogen) atoms. The highest BCUT2D eigenvalue weighted by atomic mass is 35.5. The summed E-state index contributed by atoms with van der Waals surface area (Å²) in [5.41, 5.74) is 1.42. The van der Waals surface area contributed by atoms with Crippen molar-refractivity contribution < 1.29 is 14.0 Å². The van der Waals surface area contributed by atoms with Crippen molar-refractivity contribution in [2.24, 2.45) is 0 Å². The molecule has 0 fully saturated rings. The molecule has 4 nitrogen and oxygen atoms in total. The average molecular weight is 349 g/mol. The summed E-state index contributed by atoms with van der Waals surface area (Å²) in [7, 11) is 0. The minimum atomic E-state index is -0.623. The van der Waals surface area contributed by atoms with E-state index in [1.807, 2.05) is 0 Å². The predicted molar refractivity (Wildman–Crippen MR) is 92.7 cm³/mol. The summed E-state index contributed by atoms with van der Waals surface area (Å²) in [5.74, 6) is -1.23. The number of halogens is 2. The van der Waals surface area contributed by atoms with Crippen LogP contribution in [0.15, 0.2) is 42.5 Å². The van der Waals surface area contributed by atoms with Gasteiger partial charge >= 0.3 is 0 Å². The number of carbonyl (C=O) groups is 2. The van der Waals surface area contributed by atoms with Gasteiger partial charge in [0.2, 0.25) is 5.91 Å². The average Bonchev–Trinajstić information content (AvgIpc) is 2.57. The molecule has 1 atom stereocenters. The molecule has 0 aliphatic rings. The van der Waals surface area contributed by atoms with Crippen LogP contribution in [-0.4, -0.2) is 11.8 Å². The Balaban J connectivity index is 2.06. The molecular formula is C18H18ClFN2O2. The minimum absolute atomic E-state index is 0.0690. The zero-order valence-electron chi connectivity index (χ0n) is 13.4. The summed E-state index contributed by atoms with van der Waals surface area (Å²) in [6.45, 7) is 3.57. The number of anilines is 1. The predicted octanol–water partition coefficient (Wildman–Crippen LogP) is 4.32. The molecule has 0 saturated carbocycles. The van der Waals surface area contributed by atoms with Gasteiger partial charge in [0.15, 0.2) is 0 Å². The van der Waals surface area contributed by atoms with E-state index >= 15 is 0 Å². The van der Waals surface area contributed by atoms with Crippen molar-refractivity contribution in [1.82, 2.24) is 5.32 Å². The van der Waals surface area contributed by atoms with E-state index < -0.39 is 11.7 Å². The molecule has 0 radical (unpaired) electrons. The second-order valence-electron chi connectivity index (χ2n) is 5.34. The Morgan fingerprint density at radius 1 is 1.17 bits per heavy atom. The lowest BCUT2D eigenvalue weighted by atomic mass is 10.1. The maximum atomic E-state index is 13.7. The van der Waals surface area contributed by atoms with Crippen LogP contribution in [0.2, 0.25) is 5.02 Å². The number of rotatable bonds is 5. The van der Waals surface area contributed by atoms with Crippen molar-refractivity contribution in [1.29, 1.82) is 0 Å². The number of hydrogen-bond acceptors (Lipinski definition) is 2. The third-order valence-electron chi connectivity index (χ3n) is 3.54. The number of carbonyl (C=O) groups excluding carboxylic acids is 2. The minimum Gasteiger partial charge on any atom is -0.345 e. The quantitative estimate of drug-likeness (QED) is 0.845. The maximum Gasteiger partial charge on any atom is 0.254 e. The molecule has 0 aromatic heterocycles. The summed E-state index contributed by atoms with van der Waals surface area (Å²) < 4.78 is 13.7. The summed E-state index contributed by atoms with van der Waals surface area (Å²) >= 11 is 5.80. The van der Waals surface area contributed by atoms with Gasteiger partial charge in [0.05, 0.1) is 11.6 Å². The van der Waals surface area contributed by atoms with Gasteiger partial charge < -0.3 is 10.6 Å². The monoisotopic (exact) mass is 348 g/mol. The molecule has 0 heterocycles. The first kappa shape index (κ1) is 17.9. The third-order valence-corrected chi connectivity index (χ3v) is 3.77. The van der Waals surface area contributed by atoms with Gasteiger partial charge in [-0.15, -0.1) is 0 Å². The number of hydrogen-bond donors (Lipinski definition) is 2. The van der Waals surface area contributed by atoms with E-state index in [1.54, 1.807) is 38.1 Å². The largest absolute Gasteiger partial charge is 0.345 e. The molecule has 2 aromatic rings. The molecule has 2 N–H and O–H groups in total. The van der Waals surface area contributed by atoms with Gasteiger partial charge in [0.25, 0.3) is 5.91 Å². The molecular weight excluding hydrogens is 331 g/mol. The van der Waals surface area contributed by atoms with Crippen LogP contribution in [0.1, 0.15) is 42.2 Å². The van der Waals surface area contributed by atoms with Crippen LogP contribution in [0.3, 0.4) is 0 Å². The van der Waals surface area contributed by atoms with E-state index in [0.717, 1.165) is 11.6 Å². The fourth-order valence-corrected chi connectivity index (χ4v) is 2.31. The second-order valence-corrected chi connectivity index (χ2v) is 5.78. The van der Waals surface area contributed by atoms with Gasteiger partial charge in [0, 0.05) is 17.1 Å². The lowest BCUT2D eigenvalue weighted by molar-refractivity contribution is -0.115. The summed E-state index contributed by atoms with van der Waals surface area (Å²) in [6.07, 6.45) is 0.402. The summed E-state index contributed by atoms with van der Waals surface area (Å²) in [5, 5.41) is 5.77. The molecule has 2 aromatic carbocycles. The van der Waals surface area contributed by atoms with Crippen LogP contribution < -0.4 is 10.6 Å². The Hall–Kier alpha value is -2.40. The molecule has 126 valence electrons. The Kier molecular flexibility index (Phi) is 5.93. The molecule has 1 unspecified atom stereocenters. The third kappa shape index (κ3) is 4.55. The highest BCUT2D eigenvalue weighted by Gasteiger charge is 2.15. The molecule has 0 aliphatic heterocycles. The molecule has 0 bridgehead atoms. The Morgan fingerprint density at radius 3 is 2.46 bits per heavy atom. The van der Waals surface area contributed by atoms with E-state index in [0.29, 0.717) is 17.1 Å². The van der Waals surface area contributed by atoms with Crippen LogP contribution >= 0.6 is 11.6 Å². The van der Waals surface area contributed by atoms with Gasteiger partial charge in [-0.2, -0.15) is 0 Å². The van der Waals surface area contributed by atoms with Gasteiger partial charge in [0.1, 0.15) is 5.82 Å². The molecule has 0 saturated heterocycles. The lowest BCUT2D eigenvalue weighted by Crippen LogP contribution is -2.27. The van der Waals surface area contributed by atoms with Crippen LogP contribution in [0, 0.1) is 5.82 Å². The number of nitrogens with one attached hydrogen (secondary N) is 2. The van der Waals surface area contributed by atoms with Crippen molar-refractivity contribution in [2.75, 3.05) is 5.32 Å². The number of benzene rings is 2. The van der Waals surface area contributed by atoms with Crippen molar-refractivity contribution in [3.8, 4) is 0 Å². The first-order chi connectivity index (χ1) is 11.4. The van der Waals surface area contributed by atoms with Crippen LogP contribution in [0.5, 0.6) is 0 Å². The van der Waals surface area contributed by atoms with E-state index in [4.69, 9.17) is 11.6 Å². The van der Waals surface area contributed by atoms with Crippen molar-refractivity contribution in [3.63, 3.8) is 0 Å². The van der Waals surface area contributed by atoms with E-state index in [1.165, 1.54) is 12.1 Å². The van der Waals surface area contributed by atoms with Gasteiger partial charge in [-0.25, -0.2) is 4.39 Å². The van der Waals surface area contributed by atoms with Crippen LogP contribution in [0.4, 0.5) is 10.1 Å². The van der Waals surface area contributed by atoms with Crippen molar-refractivity contribution in [2.45, 2.75) is 26.3 Å². The van der Waals surface area contributed by atoms with Crippen LogP contribution in [-0.2, 0) is 4.79 Å².